The summed E-state index contributed by atoms with van der Waals surface area (Å²) >= 11 is 0. The number of hydrogen-bond donors (Lipinski definition) is 1. The van der Waals surface area contributed by atoms with Gasteiger partial charge in [0.2, 0.25) is 0 Å². The molecule has 0 unspecified atom stereocenters. The first-order valence-corrected chi connectivity index (χ1v) is 9.98. The van der Waals surface area contributed by atoms with Crippen LogP contribution in [0.2, 0.25) is 0 Å². The van der Waals surface area contributed by atoms with Gasteiger partial charge in [0.1, 0.15) is 5.69 Å². The van der Waals surface area contributed by atoms with E-state index in [9.17, 15) is 9.59 Å². The SMILES string of the molecule is CCOC(=O)N1CCN(C[C@@H]2CCC[C@@H](NC(=O)c3cn(C)cn3)C2)CC1. The Balaban J connectivity index is 1.42. The fourth-order valence-electron chi connectivity index (χ4n) is 4.07. The number of piperazine rings is 1. The predicted octanol–water partition coefficient (Wildman–Crippen LogP) is 1.48. The molecular weight excluding hydrogens is 346 g/mol. The van der Waals surface area contributed by atoms with E-state index >= 15 is 0 Å². The van der Waals surface area contributed by atoms with Crippen LogP contribution in [-0.4, -0.2) is 76.7 Å². The highest BCUT2D eigenvalue weighted by atomic mass is 16.6. The minimum atomic E-state index is -0.202. The Labute approximate surface area is 160 Å². The Kier molecular flexibility index (Phi) is 6.71. The van der Waals surface area contributed by atoms with Crippen LogP contribution in [0.3, 0.4) is 0 Å². The molecule has 1 aromatic rings. The standard InChI is InChI=1S/C19H31N5O3/c1-3-27-19(26)24-9-7-23(8-10-24)12-15-5-4-6-16(11-15)21-18(25)17-13-22(2)14-20-17/h13-16H,3-12H2,1-2H3,(H,21,25)/t15-,16-/m1/s1. The fraction of sp³-hybridized carbons (Fsp3) is 0.737. The lowest BCUT2D eigenvalue weighted by molar-refractivity contribution is 0.0711. The molecule has 0 aromatic carbocycles. The van der Waals surface area contributed by atoms with Crippen LogP contribution in [-0.2, 0) is 11.8 Å². The summed E-state index contributed by atoms with van der Waals surface area (Å²) in [5.41, 5.74) is 0.481. The van der Waals surface area contributed by atoms with Crippen molar-refractivity contribution in [2.45, 2.75) is 38.6 Å². The highest BCUT2D eigenvalue weighted by molar-refractivity contribution is 5.92. The molecule has 2 fully saturated rings. The summed E-state index contributed by atoms with van der Waals surface area (Å²) in [6, 6.07) is 0.221. The number of imidazole rings is 1. The van der Waals surface area contributed by atoms with Gasteiger partial charge in [-0.15, -0.1) is 0 Å². The van der Waals surface area contributed by atoms with Gasteiger partial charge in [-0.05, 0) is 32.1 Å². The van der Waals surface area contributed by atoms with Gasteiger partial charge in [0, 0.05) is 52.0 Å². The van der Waals surface area contributed by atoms with Crippen LogP contribution in [0.5, 0.6) is 0 Å². The first-order valence-electron chi connectivity index (χ1n) is 9.98. The molecule has 27 heavy (non-hydrogen) atoms. The number of aromatic nitrogens is 2. The number of nitrogens with one attached hydrogen (secondary N) is 1. The second kappa shape index (κ2) is 9.21. The van der Waals surface area contributed by atoms with Crippen LogP contribution in [0, 0.1) is 5.92 Å². The van der Waals surface area contributed by atoms with Crippen LogP contribution in [0.15, 0.2) is 12.5 Å². The van der Waals surface area contributed by atoms with Gasteiger partial charge >= 0.3 is 6.09 Å². The quantitative estimate of drug-likeness (QED) is 0.841. The first kappa shape index (κ1) is 19.7. The molecule has 1 aromatic heterocycles. The average molecular weight is 377 g/mol. The summed E-state index contributed by atoms with van der Waals surface area (Å²) in [6.07, 6.45) is 7.58. The van der Waals surface area contributed by atoms with Gasteiger partial charge in [0.05, 0.1) is 12.9 Å². The van der Waals surface area contributed by atoms with Crippen molar-refractivity contribution in [3.8, 4) is 0 Å². The maximum atomic E-state index is 12.3. The van der Waals surface area contributed by atoms with Gasteiger partial charge in [-0.25, -0.2) is 9.78 Å². The minimum Gasteiger partial charge on any atom is -0.450 e. The normalized spacial score (nSPS) is 23.9. The van der Waals surface area contributed by atoms with Crippen LogP contribution in [0.1, 0.15) is 43.1 Å². The van der Waals surface area contributed by atoms with Crippen LogP contribution in [0.25, 0.3) is 0 Å². The molecule has 0 radical (unpaired) electrons. The van der Waals surface area contributed by atoms with Gasteiger partial charge in [-0.1, -0.05) is 6.42 Å². The summed E-state index contributed by atoms with van der Waals surface area (Å²) in [4.78, 5) is 32.5. The summed E-state index contributed by atoms with van der Waals surface area (Å²) in [7, 11) is 1.86. The van der Waals surface area contributed by atoms with Crippen molar-refractivity contribution in [2.24, 2.45) is 13.0 Å². The van der Waals surface area contributed by atoms with Gasteiger partial charge in [0.25, 0.3) is 5.91 Å². The second-order valence-corrected chi connectivity index (χ2v) is 7.61. The minimum absolute atomic E-state index is 0.0794. The summed E-state index contributed by atoms with van der Waals surface area (Å²) in [5, 5.41) is 3.15. The van der Waals surface area contributed by atoms with Crippen molar-refractivity contribution in [1.82, 2.24) is 24.7 Å². The molecular formula is C19H31N5O3. The topological polar surface area (TPSA) is 79.7 Å². The molecule has 3 rings (SSSR count). The Bertz CT molecular complexity index is 639. The van der Waals surface area contributed by atoms with Crippen molar-refractivity contribution in [1.29, 1.82) is 0 Å². The van der Waals surface area contributed by atoms with Crippen LogP contribution >= 0.6 is 0 Å². The van der Waals surface area contributed by atoms with Gasteiger partial charge < -0.3 is 19.5 Å². The number of aryl methyl sites for hydroxylation is 1. The highest BCUT2D eigenvalue weighted by Gasteiger charge is 2.28. The molecule has 1 aliphatic carbocycles. The molecule has 150 valence electrons. The first-order chi connectivity index (χ1) is 13.0. The third-order valence-corrected chi connectivity index (χ3v) is 5.47. The molecule has 1 saturated heterocycles. The number of rotatable bonds is 5. The molecule has 8 heteroatoms. The summed E-state index contributed by atoms with van der Waals surface area (Å²) in [5.74, 6) is 0.506. The van der Waals surface area contributed by atoms with E-state index in [1.807, 2.05) is 14.0 Å². The van der Waals surface area contributed by atoms with Crippen LogP contribution in [0.4, 0.5) is 4.79 Å². The van der Waals surface area contributed by atoms with Gasteiger partial charge in [-0.2, -0.15) is 0 Å². The largest absolute Gasteiger partial charge is 0.450 e. The summed E-state index contributed by atoms with van der Waals surface area (Å²) < 4.78 is 6.86. The number of hydrogen-bond acceptors (Lipinski definition) is 5. The number of ether oxygens (including phenoxy) is 1. The molecule has 2 heterocycles. The van der Waals surface area contributed by atoms with E-state index in [0.717, 1.165) is 52.0 Å². The number of carbonyl (C=O) groups excluding carboxylic acids is 2. The van der Waals surface area contributed by atoms with E-state index in [1.165, 1.54) is 6.42 Å². The van der Waals surface area contributed by atoms with E-state index < -0.39 is 0 Å². The van der Waals surface area contributed by atoms with Gasteiger partial charge in [0.15, 0.2) is 0 Å². The van der Waals surface area contributed by atoms with Gasteiger partial charge in [-0.3, -0.25) is 9.69 Å². The molecule has 1 saturated carbocycles. The molecule has 0 bridgehead atoms. The Morgan fingerprint density at radius 3 is 2.70 bits per heavy atom. The predicted molar refractivity (Wildman–Crippen MR) is 101 cm³/mol. The van der Waals surface area contributed by atoms with Crippen molar-refractivity contribution >= 4 is 12.0 Å². The third-order valence-electron chi connectivity index (χ3n) is 5.47. The zero-order chi connectivity index (χ0) is 19.2. The molecule has 2 amide bonds. The Hall–Kier alpha value is -2.09. The lowest BCUT2D eigenvalue weighted by Crippen LogP contribution is -2.50. The third kappa shape index (κ3) is 5.45. The maximum absolute atomic E-state index is 12.3. The number of nitrogens with zero attached hydrogens (tertiary/aromatic N) is 4. The highest BCUT2D eigenvalue weighted by Crippen LogP contribution is 2.26. The molecule has 0 spiro atoms. The fourth-order valence-corrected chi connectivity index (χ4v) is 4.07. The summed E-state index contributed by atoms with van der Waals surface area (Å²) in [6.45, 7) is 6.52. The monoisotopic (exact) mass is 377 g/mol. The smallest absolute Gasteiger partial charge is 0.409 e. The van der Waals surface area contributed by atoms with Crippen molar-refractivity contribution in [3.63, 3.8) is 0 Å². The second-order valence-electron chi connectivity index (χ2n) is 7.61. The molecule has 2 aliphatic rings. The Morgan fingerprint density at radius 1 is 1.26 bits per heavy atom. The molecule has 1 aliphatic heterocycles. The average Bonchev–Trinajstić information content (AvgIpc) is 3.09. The van der Waals surface area contributed by atoms with Crippen molar-refractivity contribution < 1.29 is 14.3 Å². The lowest BCUT2D eigenvalue weighted by atomic mass is 9.85. The molecule has 2 atom stereocenters. The van der Waals surface area contributed by atoms with Crippen molar-refractivity contribution in [3.05, 3.63) is 18.2 Å². The number of amides is 2. The zero-order valence-corrected chi connectivity index (χ0v) is 16.4. The van der Waals surface area contributed by atoms with E-state index in [-0.39, 0.29) is 18.0 Å². The Morgan fingerprint density at radius 2 is 2.04 bits per heavy atom. The van der Waals surface area contributed by atoms with E-state index in [4.69, 9.17) is 4.74 Å². The van der Waals surface area contributed by atoms with Crippen molar-refractivity contribution in [2.75, 3.05) is 39.3 Å². The van der Waals surface area contributed by atoms with E-state index in [2.05, 4.69) is 15.2 Å². The van der Waals surface area contributed by atoms with E-state index in [0.29, 0.717) is 18.2 Å². The lowest BCUT2D eigenvalue weighted by Gasteiger charge is -2.38. The molecule has 8 nitrogen and oxygen atoms in total. The zero-order valence-electron chi connectivity index (χ0n) is 16.4. The molecule has 1 N–H and O–H groups in total. The van der Waals surface area contributed by atoms with E-state index in [1.54, 1.807) is 22.0 Å². The number of carbonyl (C=O) groups is 2. The maximum Gasteiger partial charge on any atom is 0.409 e. The van der Waals surface area contributed by atoms with Crippen LogP contribution < -0.4 is 5.32 Å².